The van der Waals surface area contributed by atoms with Crippen LogP contribution in [0.5, 0.6) is 0 Å². The normalized spacial score (nSPS) is 8.94. The van der Waals surface area contributed by atoms with E-state index in [9.17, 15) is 0 Å². The molecule has 0 N–H and O–H groups in total. The summed E-state index contributed by atoms with van der Waals surface area (Å²) in [5.41, 5.74) is 4.21. The Balaban J connectivity index is 0.000000509. The summed E-state index contributed by atoms with van der Waals surface area (Å²) in [6.45, 7) is 14.0. The van der Waals surface area contributed by atoms with E-state index in [-0.39, 0.29) is 0 Å². The molecule has 2 nitrogen and oxygen atoms in total. The van der Waals surface area contributed by atoms with Crippen LogP contribution in [0.2, 0.25) is 0 Å². The molecule has 2 heterocycles. The third-order valence-electron chi connectivity index (χ3n) is 2.27. The molecule has 2 aromatic heterocycles. The molecule has 0 radical (unpaired) electrons. The van der Waals surface area contributed by atoms with Crippen molar-refractivity contribution in [3.8, 4) is 0 Å². The fraction of sp³-hybridized carbons (Fsp3) is 0.500. The van der Waals surface area contributed by atoms with Crippen LogP contribution in [0.3, 0.4) is 0 Å². The van der Waals surface area contributed by atoms with Crippen LogP contribution in [0.15, 0.2) is 16.7 Å². The Bertz CT molecular complexity index is 429. The van der Waals surface area contributed by atoms with Gasteiger partial charge in [0.05, 0.1) is 6.26 Å². The second-order valence-electron chi connectivity index (χ2n) is 3.07. The lowest BCUT2D eigenvalue weighted by Crippen LogP contribution is -1.90. The summed E-state index contributed by atoms with van der Waals surface area (Å²) in [5.74, 6) is 0. The van der Waals surface area contributed by atoms with Crippen molar-refractivity contribution in [2.24, 2.45) is 0 Å². The zero-order valence-corrected chi connectivity index (χ0v) is 11.5. The highest BCUT2D eigenvalue weighted by atomic mass is 16.3. The molecule has 90 valence electrons. The molecule has 16 heavy (non-hydrogen) atoms. The minimum atomic E-state index is 0.972. The second-order valence-corrected chi connectivity index (χ2v) is 3.07. The van der Waals surface area contributed by atoms with E-state index < -0.39 is 0 Å². The number of fused-ring (bicyclic) bond motifs is 1. The van der Waals surface area contributed by atoms with Crippen LogP contribution < -0.4 is 0 Å². The zero-order valence-electron chi connectivity index (χ0n) is 11.5. The average molecular weight is 221 g/mol. The van der Waals surface area contributed by atoms with Crippen LogP contribution in [0.25, 0.3) is 11.0 Å². The van der Waals surface area contributed by atoms with Crippen LogP contribution >= 0.6 is 0 Å². The number of rotatable bonds is 0. The molecule has 0 saturated carbocycles. The lowest BCUT2D eigenvalue weighted by Gasteiger charge is -2.01. The molecule has 0 amide bonds. The van der Waals surface area contributed by atoms with Crippen LogP contribution in [0.4, 0.5) is 0 Å². The molecule has 0 fully saturated rings. The Morgan fingerprint density at radius 1 is 0.938 bits per heavy atom. The van der Waals surface area contributed by atoms with Crippen molar-refractivity contribution in [1.29, 1.82) is 0 Å². The highest BCUT2D eigenvalue weighted by molar-refractivity contribution is 5.82. The molecule has 0 aliphatic heterocycles. The van der Waals surface area contributed by atoms with E-state index in [1.54, 1.807) is 6.26 Å². The van der Waals surface area contributed by atoms with Gasteiger partial charge in [-0.3, -0.25) is 4.98 Å². The standard InChI is InChI=1S/C10H11NO.2C2H6/c1-6-7(2)11-8(3)9-4-5-12-10(6)9;2*1-2/h4-5H,1-3H3;2*1-2H3. The van der Waals surface area contributed by atoms with Gasteiger partial charge in [0, 0.05) is 22.3 Å². The van der Waals surface area contributed by atoms with Gasteiger partial charge in [0.1, 0.15) is 5.58 Å². The number of aryl methyl sites for hydroxylation is 3. The van der Waals surface area contributed by atoms with Crippen LogP contribution in [0.1, 0.15) is 44.6 Å². The van der Waals surface area contributed by atoms with Crippen molar-refractivity contribution in [3.05, 3.63) is 29.3 Å². The Morgan fingerprint density at radius 2 is 1.50 bits per heavy atom. The van der Waals surface area contributed by atoms with Crippen molar-refractivity contribution in [1.82, 2.24) is 4.98 Å². The summed E-state index contributed by atoms with van der Waals surface area (Å²) in [5, 5.41) is 1.12. The van der Waals surface area contributed by atoms with Gasteiger partial charge in [-0.25, -0.2) is 0 Å². The first kappa shape index (κ1) is 14.7. The van der Waals surface area contributed by atoms with Crippen LogP contribution in [-0.4, -0.2) is 4.98 Å². The fourth-order valence-electron chi connectivity index (χ4n) is 1.44. The van der Waals surface area contributed by atoms with E-state index in [1.165, 1.54) is 0 Å². The lowest BCUT2D eigenvalue weighted by atomic mass is 10.1. The van der Waals surface area contributed by atoms with Gasteiger partial charge in [0.25, 0.3) is 0 Å². The maximum absolute atomic E-state index is 5.37. The number of furan rings is 1. The van der Waals surface area contributed by atoms with Crippen molar-refractivity contribution >= 4 is 11.0 Å². The first-order valence-corrected chi connectivity index (χ1v) is 6.01. The van der Waals surface area contributed by atoms with E-state index in [1.807, 2.05) is 54.5 Å². The summed E-state index contributed by atoms with van der Waals surface area (Å²) in [7, 11) is 0. The third-order valence-corrected chi connectivity index (χ3v) is 2.27. The monoisotopic (exact) mass is 221 g/mol. The molecule has 2 rings (SSSR count). The molecule has 0 unspecified atom stereocenters. The highest BCUT2D eigenvalue weighted by Crippen LogP contribution is 2.23. The summed E-state index contributed by atoms with van der Waals surface area (Å²) < 4.78 is 5.37. The first-order valence-electron chi connectivity index (χ1n) is 6.01. The van der Waals surface area contributed by atoms with Crippen molar-refractivity contribution in [3.63, 3.8) is 0 Å². The van der Waals surface area contributed by atoms with E-state index >= 15 is 0 Å². The van der Waals surface area contributed by atoms with E-state index in [4.69, 9.17) is 4.42 Å². The SMILES string of the molecule is CC.CC.Cc1nc(C)c2ccoc2c1C. The molecule has 0 spiro atoms. The van der Waals surface area contributed by atoms with Crippen molar-refractivity contribution in [2.75, 3.05) is 0 Å². The van der Waals surface area contributed by atoms with E-state index in [2.05, 4.69) is 4.98 Å². The topological polar surface area (TPSA) is 26.0 Å². The number of hydrogen-bond donors (Lipinski definition) is 0. The number of pyridine rings is 1. The highest BCUT2D eigenvalue weighted by Gasteiger charge is 2.07. The molecule has 0 saturated heterocycles. The van der Waals surface area contributed by atoms with Gasteiger partial charge < -0.3 is 4.42 Å². The quantitative estimate of drug-likeness (QED) is 0.638. The van der Waals surface area contributed by atoms with Crippen molar-refractivity contribution < 1.29 is 4.42 Å². The van der Waals surface area contributed by atoms with Gasteiger partial charge >= 0.3 is 0 Å². The molecule has 0 aliphatic carbocycles. The first-order chi connectivity index (χ1) is 7.70. The second kappa shape index (κ2) is 7.04. The Kier molecular flexibility index (Phi) is 6.47. The van der Waals surface area contributed by atoms with E-state index in [0.29, 0.717) is 0 Å². The fourth-order valence-corrected chi connectivity index (χ4v) is 1.44. The molecule has 0 aliphatic rings. The minimum absolute atomic E-state index is 0.972. The zero-order chi connectivity index (χ0) is 12.7. The van der Waals surface area contributed by atoms with Gasteiger partial charge in [-0.15, -0.1) is 0 Å². The van der Waals surface area contributed by atoms with Crippen LogP contribution in [-0.2, 0) is 0 Å². The van der Waals surface area contributed by atoms with Crippen molar-refractivity contribution in [2.45, 2.75) is 48.5 Å². The molecule has 0 bridgehead atoms. The van der Waals surface area contributed by atoms with Gasteiger partial charge in [-0.2, -0.15) is 0 Å². The third kappa shape index (κ3) is 2.84. The van der Waals surface area contributed by atoms with Gasteiger partial charge in [0.15, 0.2) is 0 Å². The predicted octanol–water partition coefficient (Wildman–Crippen LogP) is 4.81. The number of aromatic nitrogens is 1. The molecular formula is C14H23NO. The van der Waals surface area contributed by atoms with E-state index in [0.717, 1.165) is 27.9 Å². The largest absolute Gasteiger partial charge is 0.464 e. The predicted molar refractivity (Wildman–Crippen MR) is 70.9 cm³/mol. The lowest BCUT2D eigenvalue weighted by molar-refractivity contribution is 0.612. The maximum atomic E-state index is 5.37. The summed E-state index contributed by atoms with van der Waals surface area (Å²) >= 11 is 0. The Morgan fingerprint density at radius 3 is 2.06 bits per heavy atom. The molecule has 2 heteroatoms. The molecule has 0 atom stereocenters. The Labute approximate surface area is 98.7 Å². The summed E-state index contributed by atoms with van der Waals surface area (Å²) in [6.07, 6.45) is 1.71. The molecule has 0 aromatic carbocycles. The van der Waals surface area contributed by atoms with Gasteiger partial charge in [0.2, 0.25) is 0 Å². The van der Waals surface area contributed by atoms with Gasteiger partial charge in [-0.05, 0) is 26.8 Å². The number of hydrogen-bond acceptors (Lipinski definition) is 2. The van der Waals surface area contributed by atoms with Gasteiger partial charge in [-0.1, -0.05) is 27.7 Å². The summed E-state index contributed by atoms with van der Waals surface area (Å²) in [4.78, 5) is 4.41. The number of nitrogens with zero attached hydrogens (tertiary/aromatic N) is 1. The average Bonchev–Trinajstić information content (AvgIpc) is 2.81. The smallest absolute Gasteiger partial charge is 0.140 e. The molecule has 2 aromatic rings. The minimum Gasteiger partial charge on any atom is -0.464 e. The van der Waals surface area contributed by atoms with Crippen LogP contribution in [0, 0.1) is 20.8 Å². The molecular weight excluding hydrogens is 198 g/mol. The Hall–Kier alpha value is -1.31. The summed E-state index contributed by atoms with van der Waals surface area (Å²) in [6, 6.07) is 1.96. The maximum Gasteiger partial charge on any atom is 0.140 e.